The topological polar surface area (TPSA) is 58.5 Å². The number of benzene rings is 2. The molecule has 5 nitrogen and oxygen atoms in total. The molecule has 1 aliphatic heterocycles. The summed E-state index contributed by atoms with van der Waals surface area (Å²) in [4.78, 5) is 3.36. The maximum atomic E-state index is 4.41. The molecule has 1 saturated heterocycles. The molecule has 0 aliphatic carbocycles. The lowest BCUT2D eigenvalue weighted by atomic mass is 9.98. The van der Waals surface area contributed by atoms with Gasteiger partial charge in [0.1, 0.15) is 5.52 Å². The molecule has 0 spiro atoms. The summed E-state index contributed by atoms with van der Waals surface area (Å²) in [6.45, 7) is 3.17. The molecule has 5 heteroatoms. The van der Waals surface area contributed by atoms with Crippen LogP contribution in [-0.2, 0) is 6.54 Å². The standard InChI is InChI=1S/C20H21N5/c1-2-4-18-16(3-1)17(12-22-18)15-5-6-19-20(11-15)25(24-23-19)13-14-7-9-21-10-8-14/h1-6,11-12,14,21-22H,7-10,13H2. The van der Waals surface area contributed by atoms with Crippen molar-refractivity contribution in [2.24, 2.45) is 5.92 Å². The fourth-order valence-electron chi connectivity index (χ4n) is 3.89. The van der Waals surface area contributed by atoms with Crippen LogP contribution < -0.4 is 5.32 Å². The average molecular weight is 331 g/mol. The second kappa shape index (κ2) is 6.01. The predicted octanol–water partition coefficient (Wildman–Crippen LogP) is 3.58. The molecule has 0 unspecified atom stereocenters. The van der Waals surface area contributed by atoms with E-state index in [2.05, 4.69) is 74.0 Å². The number of nitrogens with zero attached hydrogens (tertiary/aromatic N) is 3. The normalized spacial score (nSPS) is 16.0. The van der Waals surface area contributed by atoms with Gasteiger partial charge >= 0.3 is 0 Å². The number of para-hydroxylation sites is 1. The summed E-state index contributed by atoms with van der Waals surface area (Å²) in [5.74, 6) is 0.683. The highest BCUT2D eigenvalue weighted by Crippen LogP contribution is 2.30. The second-order valence-corrected chi connectivity index (χ2v) is 6.92. The molecule has 0 saturated carbocycles. The van der Waals surface area contributed by atoms with E-state index < -0.39 is 0 Å². The molecular formula is C20H21N5. The van der Waals surface area contributed by atoms with Gasteiger partial charge in [-0.05, 0) is 55.6 Å². The molecule has 2 aromatic heterocycles. The minimum atomic E-state index is 0.683. The fraction of sp³-hybridized carbons (Fsp3) is 0.300. The van der Waals surface area contributed by atoms with Gasteiger partial charge in [0, 0.05) is 29.2 Å². The zero-order valence-corrected chi connectivity index (χ0v) is 14.1. The largest absolute Gasteiger partial charge is 0.361 e. The fourth-order valence-corrected chi connectivity index (χ4v) is 3.89. The number of rotatable bonds is 3. The lowest BCUT2D eigenvalue weighted by Crippen LogP contribution is -2.30. The van der Waals surface area contributed by atoms with E-state index in [1.807, 2.05) is 0 Å². The van der Waals surface area contributed by atoms with E-state index in [9.17, 15) is 0 Å². The molecule has 2 N–H and O–H groups in total. The highest BCUT2D eigenvalue weighted by atomic mass is 15.4. The van der Waals surface area contributed by atoms with Crippen LogP contribution in [0.2, 0.25) is 0 Å². The summed E-state index contributed by atoms with van der Waals surface area (Å²) in [5.41, 5.74) is 5.70. The zero-order valence-electron chi connectivity index (χ0n) is 14.1. The number of hydrogen-bond donors (Lipinski definition) is 2. The van der Waals surface area contributed by atoms with Gasteiger partial charge in [-0.25, -0.2) is 4.68 Å². The smallest absolute Gasteiger partial charge is 0.113 e. The van der Waals surface area contributed by atoms with Gasteiger partial charge in [-0.2, -0.15) is 0 Å². The molecule has 5 rings (SSSR count). The number of aromatic amines is 1. The first-order valence-electron chi connectivity index (χ1n) is 8.99. The quantitative estimate of drug-likeness (QED) is 0.603. The van der Waals surface area contributed by atoms with Crippen molar-refractivity contribution in [3.63, 3.8) is 0 Å². The van der Waals surface area contributed by atoms with Crippen molar-refractivity contribution in [1.29, 1.82) is 0 Å². The van der Waals surface area contributed by atoms with Crippen LogP contribution in [0.3, 0.4) is 0 Å². The molecule has 2 aromatic carbocycles. The number of hydrogen-bond acceptors (Lipinski definition) is 3. The van der Waals surface area contributed by atoms with Crippen LogP contribution in [0.5, 0.6) is 0 Å². The molecule has 4 aromatic rings. The van der Waals surface area contributed by atoms with Gasteiger partial charge in [0.2, 0.25) is 0 Å². The first kappa shape index (κ1) is 14.7. The Morgan fingerprint density at radius 2 is 1.96 bits per heavy atom. The number of nitrogens with one attached hydrogen (secondary N) is 2. The third-order valence-electron chi connectivity index (χ3n) is 5.30. The van der Waals surface area contributed by atoms with Crippen molar-refractivity contribution >= 4 is 21.9 Å². The summed E-state index contributed by atoms with van der Waals surface area (Å²) in [6, 6.07) is 14.9. The lowest BCUT2D eigenvalue weighted by Gasteiger charge is -2.22. The molecule has 0 atom stereocenters. The van der Waals surface area contributed by atoms with Gasteiger partial charge < -0.3 is 10.3 Å². The highest BCUT2D eigenvalue weighted by molar-refractivity contribution is 5.97. The maximum absolute atomic E-state index is 4.41. The van der Waals surface area contributed by atoms with Crippen LogP contribution in [0.1, 0.15) is 12.8 Å². The number of fused-ring (bicyclic) bond motifs is 2. The van der Waals surface area contributed by atoms with Gasteiger partial charge in [0.25, 0.3) is 0 Å². The van der Waals surface area contributed by atoms with Crippen LogP contribution in [0.15, 0.2) is 48.7 Å². The predicted molar refractivity (Wildman–Crippen MR) is 100 cm³/mol. The molecule has 126 valence electrons. The van der Waals surface area contributed by atoms with Crippen LogP contribution >= 0.6 is 0 Å². The lowest BCUT2D eigenvalue weighted by molar-refractivity contribution is 0.322. The molecule has 3 heterocycles. The number of piperidine rings is 1. The summed E-state index contributed by atoms with van der Waals surface area (Å²) >= 11 is 0. The van der Waals surface area contributed by atoms with E-state index >= 15 is 0 Å². The summed E-state index contributed by atoms with van der Waals surface area (Å²) in [7, 11) is 0. The SMILES string of the molecule is c1ccc2c(-c3ccc4nnn(CC5CCNCC5)c4c3)c[nH]c2c1. The Balaban J connectivity index is 1.55. The van der Waals surface area contributed by atoms with E-state index in [-0.39, 0.29) is 0 Å². The first-order chi connectivity index (χ1) is 12.4. The molecule has 0 bridgehead atoms. The van der Waals surface area contributed by atoms with Crippen LogP contribution in [0.25, 0.3) is 33.1 Å². The Bertz CT molecular complexity index is 1020. The van der Waals surface area contributed by atoms with Crippen molar-refractivity contribution in [3.8, 4) is 11.1 Å². The molecule has 25 heavy (non-hydrogen) atoms. The van der Waals surface area contributed by atoms with Gasteiger partial charge in [-0.1, -0.05) is 29.5 Å². The van der Waals surface area contributed by atoms with Gasteiger partial charge in [-0.3, -0.25) is 0 Å². The molecule has 1 fully saturated rings. The highest BCUT2D eigenvalue weighted by Gasteiger charge is 2.16. The summed E-state index contributed by atoms with van der Waals surface area (Å²) in [6.07, 6.45) is 4.51. The van der Waals surface area contributed by atoms with E-state index in [0.29, 0.717) is 5.92 Å². The van der Waals surface area contributed by atoms with E-state index in [1.54, 1.807) is 0 Å². The third-order valence-corrected chi connectivity index (χ3v) is 5.30. The summed E-state index contributed by atoms with van der Waals surface area (Å²) in [5, 5.41) is 13.4. The summed E-state index contributed by atoms with van der Waals surface area (Å²) < 4.78 is 2.09. The van der Waals surface area contributed by atoms with E-state index in [4.69, 9.17) is 0 Å². The van der Waals surface area contributed by atoms with Crippen molar-refractivity contribution in [2.75, 3.05) is 13.1 Å². The van der Waals surface area contributed by atoms with Crippen molar-refractivity contribution in [1.82, 2.24) is 25.3 Å². The Morgan fingerprint density at radius 1 is 1.08 bits per heavy atom. The minimum absolute atomic E-state index is 0.683. The Morgan fingerprint density at radius 3 is 2.88 bits per heavy atom. The van der Waals surface area contributed by atoms with E-state index in [1.165, 1.54) is 34.9 Å². The van der Waals surface area contributed by atoms with Gasteiger partial charge in [0.15, 0.2) is 0 Å². The molecule has 0 amide bonds. The minimum Gasteiger partial charge on any atom is -0.361 e. The third kappa shape index (κ3) is 2.61. The van der Waals surface area contributed by atoms with Crippen LogP contribution in [0, 0.1) is 5.92 Å². The number of H-pyrrole nitrogens is 1. The van der Waals surface area contributed by atoms with Crippen LogP contribution in [-0.4, -0.2) is 33.1 Å². The average Bonchev–Trinajstić information content (AvgIpc) is 3.27. The first-order valence-corrected chi connectivity index (χ1v) is 8.99. The monoisotopic (exact) mass is 331 g/mol. The number of aromatic nitrogens is 4. The van der Waals surface area contributed by atoms with Crippen molar-refractivity contribution in [2.45, 2.75) is 19.4 Å². The molecule has 1 aliphatic rings. The maximum Gasteiger partial charge on any atom is 0.113 e. The van der Waals surface area contributed by atoms with E-state index in [0.717, 1.165) is 30.7 Å². The zero-order chi connectivity index (χ0) is 16.6. The van der Waals surface area contributed by atoms with Crippen LogP contribution in [0.4, 0.5) is 0 Å². The Hall–Kier alpha value is -2.66. The van der Waals surface area contributed by atoms with Gasteiger partial charge in [0.05, 0.1) is 5.52 Å². The molecular weight excluding hydrogens is 310 g/mol. The molecule has 0 radical (unpaired) electrons. The Kier molecular flexibility index (Phi) is 3.52. The second-order valence-electron chi connectivity index (χ2n) is 6.92. The van der Waals surface area contributed by atoms with Crippen molar-refractivity contribution < 1.29 is 0 Å². The van der Waals surface area contributed by atoms with Gasteiger partial charge in [-0.15, -0.1) is 5.10 Å². The van der Waals surface area contributed by atoms with Crippen molar-refractivity contribution in [3.05, 3.63) is 48.7 Å². The Labute approximate surface area is 146 Å².